The first kappa shape index (κ1) is 15.4. The lowest BCUT2D eigenvalue weighted by atomic mass is 10.2. The molecule has 0 radical (unpaired) electrons. The molecule has 21 heavy (non-hydrogen) atoms. The number of H-pyrrole nitrogens is 1. The average molecular weight is 319 g/mol. The number of hydrogen-bond acceptors (Lipinski definition) is 3. The standard InChI is InChI=1S/C12H12F3N3O2S/c1-7-8(2)16-17-11(7)18-21(19,20)10-5-3-4-9(6-10)12(13,14)15/h3-6H,1-2H3,(H2,16,17,18). The highest BCUT2D eigenvalue weighted by Gasteiger charge is 2.31. The van der Waals surface area contributed by atoms with Gasteiger partial charge in [0, 0.05) is 11.3 Å². The zero-order valence-electron chi connectivity index (χ0n) is 11.1. The van der Waals surface area contributed by atoms with Crippen LogP contribution in [0.15, 0.2) is 29.2 Å². The van der Waals surface area contributed by atoms with E-state index >= 15 is 0 Å². The first-order valence-electron chi connectivity index (χ1n) is 5.83. The van der Waals surface area contributed by atoms with E-state index in [1.54, 1.807) is 13.8 Å². The normalized spacial score (nSPS) is 12.4. The highest BCUT2D eigenvalue weighted by Crippen LogP contribution is 2.31. The molecule has 0 saturated heterocycles. The third kappa shape index (κ3) is 3.18. The topological polar surface area (TPSA) is 74.8 Å². The summed E-state index contributed by atoms with van der Waals surface area (Å²) < 4.78 is 64.2. The van der Waals surface area contributed by atoms with Crippen molar-refractivity contribution < 1.29 is 21.6 Å². The van der Waals surface area contributed by atoms with Crippen molar-refractivity contribution in [3.05, 3.63) is 41.1 Å². The molecule has 1 aromatic heterocycles. The van der Waals surface area contributed by atoms with Crippen LogP contribution < -0.4 is 4.72 Å². The van der Waals surface area contributed by atoms with Gasteiger partial charge < -0.3 is 0 Å². The van der Waals surface area contributed by atoms with Gasteiger partial charge in [-0.05, 0) is 32.0 Å². The molecule has 0 aliphatic carbocycles. The summed E-state index contributed by atoms with van der Waals surface area (Å²) in [4.78, 5) is -0.475. The second kappa shape index (κ2) is 5.06. The summed E-state index contributed by atoms with van der Waals surface area (Å²) in [5, 5.41) is 6.35. The molecule has 2 N–H and O–H groups in total. The van der Waals surface area contributed by atoms with Gasteiger partial charge in [0.15, 0.2) is 5.82 Å². The highest BCUT2D eigenvalue weighted by molar-refractivity contribution is 7.92. The third-order valence-corrected chi connectivity index (χ3v) is 4.29. The molecule has 0 amide bonds. The van der Waals surface area contributed by atoms with Gasteiger partial charge in [-0.1, -0.05) is 6.07 Å². The molecule has 0 atom stereocenters. The zero-order valence-corrected chi connectivity index (χ0v) is 11.9. The van der Waals surface area contributed by atoms with Crippen molar-refractivity contribution in [2.75, 3.05) is 4.72 Å². The number of anilines is 1. The van der Waals surface area contributed by atoms with Crippen LogP contribution in [0.2, 0.25) is 0 Å². The Balaban J connectivity index is 2.38. The average Bonchev–Trinajstić information content (AvgIpc) is 2.69. The van der Waals surface area contributed by atoms with Crippen LogP contribution in [0.3, 0.4) is 0 Å². The maximum atomic E-state index is 12.6. The van der Waals surface area contributed by atoms with Crippen molar-refractivity contribution in [1.29, 1.82) is 0 Å². The number of rotatable bonds is 3. The predicted molar refractivity (Wildman–Crippen MR) is 70.3 cm³/mol. The van der Waals surface area contributed by atoms with Gasteiger partial charge in [-0.2, -0.15) is 18.3 Å². The van der Waals surface area contributed by atoms with Crippen molar-refractivity contribution >= 4 is 15.8 Å². The van der Waals surface area contributed by atoms with Crippen molar-refractivity contribution in [3.8, 4) is 0 Å². The minimum absolute atomic E-state index is 0.0601. The Labute approximate surface area is 119 Å². The zero-order chi connectivity index (χ0) is 15.8. The number of benzene rings is 1. The van der Waals surface area contributed by atoms with Gasteiger partial charge in [-0.25, -0.2) is 8.42 Å². The number of halogens is 3. The number of aromatic amines is 1. The lowest BCUT2D eigenvalue weighted by Crippen LogP contribution is -2.15. The highest BCUT2D eigenvalue weighted by atomic mass is 32.2. The second-order valence-corrected chi connectivity index (χ2v) is 6.14. The summed E-state index contributed by atoms with van der Waals surface area (Å²) in [5.74, 6) is 0.0601. The van der Waals surface area contributed by atoms with Crippen LogP contribution in [0.4, 0.5) is 19.0 Å². The van der Waals surface area contributed by atoms with Gasteiger partial charge in [-0.15, -0.1) is 0 Å². The first-order chi connectivity index (χ1) is 9.61. The van der Waals surface area contributed by atoms with Crippen LogP contribution in [0.1, 0.15) is 16.8 Å². The largest absolute Gasteiger partial charge is 0.416 e. The number of alkyl halides is 3. The molecule has 0 fully saturated rings. The summed E-state index contributed by atoms with van der Waals surface area (Å²) in [5.41, 5.74) is 0.211. The monoisotopic (exact) mass is 319 g/mol. The Morgan fingerprint density at radius 2 is 1.90 bits per heavy atom. The molecule has 0 aliphatic heterocycles. The molecular weight excluding hydrogens is 307 g/mol. The van der Waals surface area contributed by atoms with E-state index in [0.29, 0.717) is 17.3 Å². The summed E-state index contributed by atoms with van der Waals surface area (Å²) >= 11 is 0. The molecule has 0 saturated carbocycles. The van der Waals surface area contributed by atoms with Crippen molar-refractivity contribution in [3.63, 3.8) is 0 Å². The maximum absolute atomic E-state index is 12.6. The number of sulfonamides is 1. The molecule has 1 heterocycles. The Kier molecular flexibility index (Phi) is 3.70. The van der Waals surface area contributed by atoms with Gasteiger partial charge in [0.05, 0.1) is 10.5 Å². The number of aromatic nitrogens is 2. The van der Waals surface area contributed by atoms with Crippen LogP contribution in [0.5, 0.6) is 0 Å². The van der Waals surface area contributed by atoms with Crippen LogP contribution in [-0.2, 0) is 16.2 Å². The number of hydrogen-bond donors (Lipinski definition) is 2. The van der Waals surface area contributed by atoms with E-state index in [0.717, 1.165) is 18.2 Å². The van der Waals surface area contributed by atoms with Gasteiger partial charge >= 0.3 is 6.18 Å². The second-order valence-electron chi connectivity index (χ2n) is 4.45. The van der Waals surface area contributed by atoms with Crippen LogP contribution >= 0.6 is 0 Å². The predicted octanol–water partition coefficient (Wildman–Crippen LogP) is 2.85. The Morgan fingerprint density at radius 3 is 2.43 bits per heavy atom. The van der Waals surface area contributed by atoms with Gasteiger partial charge in [-0.3, -0.25) is 9.82 Å². The molecule has 0 unspecified atom stereocenters. The minimum atomic E-state index is -4.61. The van der Waals surface area contributed by atoms with Gasteiger partial charge in [0.1, 0.15) is 0 Å². The SMILES string of the molecule is Cc1[nH]nc(NS(=O)(=O)c2cccc(C(F)(F)F)c2)c1C. The first-order valence-corrected chi connectivity index (χ1v) is 7.31. The number of nitrogens with zero attached hydrogens (tertiary/aromatic N) is 1. The summed E-state index contributed by atoms with van der Waals surface area (Å²) in [6.07, 6.45) is -4.61. The molecule has 2 rings (SSSR count). The molecule has 5 nitrogen and oxygen atoms in total. The maximum Gasteiger partial charge on any atom is 0.416 e. The van der Waals surface area contributed by atoms with E-state index in [2.05, 4.69) is 14.9 Å². The fraction of sp³-hybridized carbons (Fsp3) is 0.250. The van der Waals surface area contributed by atoms with Crippen molar-refractivity contribution in [1.82, 2.24) is 10.2 Å². The molecule has 0 bridgehead atoms. The smallest absolute Gasteiger partial charge is 0.280 e. The van der Waals surface area contributed by atoms with Crippen LogP contribution in [0.25, 0.3) is 0 Å². The van der Waals surface area contributed by atoms with Crippen LogP contribution in [-0.4, -0.2) is 18.6 Å². The van der Waals surface area contributed by atoms with Crippen molar-refractivity contribution in [2.45, 2.75) is 24.9 Å². The lowest BCUT2D eigenvalue weighted by molar-refractivity contribution is -0.137. The van der Waals surface area contributed by atoms with Gasteiger partial charge in [0.2, 0.25) is 0 Å². The van der Waals surface area contributed by atoms with E-state index in [4.69, 9.17) is 0 Å². The lowest BCUT2D eigenvalue weighted by Gasteiger charge is -2.10. The summed E-state index contributed by atoms with van der Waals surface area (Å²) in [6.45, 7) is 3.34. The minimum Gasteiger partial charge on any atom is -0.280 e. The van der Waals surface area contributed by atoms with Gasteiger partial charge in [0.25, 0.3) is 10.0 Å². The van der Waals surface area contributed by atoms with Crippen LogP contribution in [0, 0.1) is 13.8 Å². The number of nitrogens with one attached hydrogen (secondary N) is 2. The quantitative estimate of drug-likeness (QED) is 0.913. The van der Waals surface area contributed by atoms with Crippen molar-refractivity contribution in [2.24, 2.45) is 0 Å². The summed E-state index contributed by atoms with van der Waals surface area (Å²) in [7, 11) is -4.14. The Morgan fingerprint density at radius 1 is 1.24 bits per heavy atom. The molecule has 2 aromatic rings. The Hall–Kier alpha value is -2.03. The number of aryl methyl sites for hydroxylation is 1. The fourth-order valence-electron chi connectivity index (χ4n) is 1.61. The van der Waals surface area contributed by atoms with E-state index in [9.17, 15) is 21.6 Å². The fourth-order valence-corrected chi connectivity index (χ4v) is 2.72. The molecule has 114 valence electrons. The molecular formula is C12H12F3N3O2S. The molecule has 0 aliphatic rings. The molecule has 9 heteroatoms. The van der Waals surface area contributed by atoms with E-state index in [1.165, 1.54) is 0 Å². The third-order valence-electron chi connectivity index (χ3n) is 2.96. The van der Waals surface area contributed by atoms with E-state index < -0.39 is 26.7 Å². The molecule has 0 spiro atoms. The van der Waals surface area contributed by atoms with E-state index in [1.807, 2.05) is 0 Å². The Bertz CT molecular complexity index is 766. The van der Waals surface area contributed by atoms with E-state index in [-0.39, 0.29) is 5.82 Å². The summed E-state index contributed by atoms with van der Waals surface area (Å²) in [6, 6.07) is 3.52. The molecule has 1 aromatic carbocycles.